The number of carboxylic acids is 1. The predicted octanol–water partition coefficient (Wildman–Crippen LogP) is 3.98. The fourth-order valence-corrected chi connectivity index (χ4v) is 3.11. The molecule has 3 rings (SSSR count). The normalized spacial score (nSPS) is 11.8. The maximum absolute atomic E-state index is 13.3. The third-order valence-corrected chi connectivity index (χ3v) is 4.71. The van der Waals surface area contributed by atoms with E-state index in [4.69, 9.17) is 9.84 Å². The molecule has 1 N–H and O–H groups in total. The number of carbonyl (C=O) groups is 2. The highest BCUT2D eigenvalue weighted by Gasteiger charge is 2.17. The molecule has 0 radical (unpaired) electrons. The van der Waals surface area contributed by atoms with E-state index in [1.165, 1.54) is 12.1 Å². The van der Waals surface area contributed by atoms with Gasteiger partial charge in [-0.1, -0.05) is 18.2 Å². The van der Waals surface area contributed by atoms with Crippen LogP contribution in [0.25, 0.3) is 0 Å². The van der Waals surface area contributed by atoms with Gasteiger partial charge in [0.1, 0.15) is 23.4 Å². The van der Waals surface area contributed by atoms with E-state index < -0.39 is 12.1 Å². The lowest BCUT2D eigenvalue weighted by atomic mass is 10.1. The third kappa shape index (κ3) is 6.45. The van der Waals surface area contributed by atoms with Gasteiger partial charge in [-0.25, -0.2) is 4.39 Å². The van der Waals surface area contributed by atoms with E-state index in [-0.39, 0.29) is 18.1 Å². The van der Waals surface area contributed by atoms with Gasteiger partial charge in [-0.15, -0.1) is 0 Å². The van der Waals surface area contributed by atoms with E-state index in [0.29, 0.717) is 30.0 Å². The quantitative estimate of drug-likeness (QED) is 0.498. The molecule has 3 aromatic rings. The maximum atomic E-state index is 13.3. The van der Waals surface area contributed by atoms with E-state index in [9.17, 15) is 14.0 Å². The number of aromatic nitrogens is 1. The zero-order chi connectivity index (χ0) is 22.2. The molecule has 0 bridgehead atoms. The van der Waals surface area contributed by atoms with Crippen LogP contribution in [-0.4, -0.2) is 46.9 Å². The molecule has 0 aliphatic heterocycles. The second-order valence-electron chi connectivity index (χ2n) is 7.15. The van der Waals surface area contributed by atoms with E-state index >= 15 is 0 Å². The number of ether oxygens (including phenoxy) is 1. The lowest BCUT2D eigenvalue weighted by molar-refractivity contribution is -0.138. The molecule has 0 fully saturated rings. The van der Waals surface area contributed by atoms with Crippen LogP contribution in [0.1, 0.15) is 34.1 Å². The topological polar surface area (TPSA) is 79.7 Å². The van der Waals surface area contributed by atoms with Gasteiger partial charge in [-0.2, -0.15) is 0 Å². The van der Waals surface area contributed by atoms with Crippen molar-refractivity contribution in [2.24, 2.45) is 0 Å². The van der Waals surface area contributed by atoms with Crippen molar-refractivity contribution < 1.29 is 23.8 Å². The summed E-state index contributed by atoms with van der Waals surface area (Å²) in [5.74, 6) is -0.886. The van der Waals surface area contributed by atoms with Crippen molar-refractivity contribution in [3.05, 3.63) is 95.6 Å². The van der Waals surface area contributed by atoms with Crippen LogP contribution in [0.2, 0.25) is 0 Å². The van der Waals surface area contributed by atoms with E-state index in [0.717, 1.165) is 5.56 Å². The summed E-state index contributed by atoms with van der Waals surface area (Å²) in [7, 11) is 1.72. The van der Waals surface area contributed by atoms with Gasteiger partial charge in [0.2, 0.25) is 5.78 Å². The number of carboxylic acid groups (broad SMARTS) is 1. The number of nitrogens with zero attached hydrogens (tertiary/aromatic N) is 2. The second-order valence-corrected chi connectivity index (χ2v) is 7.15. The summed E-state index contributed by atoms with van der Waals surface area (Å²) in [6.45, 7) is 0.394. The van der Waals surface area contributed by atoms with E-state index in [2.05, 4.69) is 4.98 Å². The van der Waals surface area contributed by atoms with Crippen LogP contribution in [0, 0.1) is 5.82 Å². The Labute approximate surface area is 179 Å². The molecule has 1 aromatic heterocycles. The minimum atomic E-state index is -0.907. The molecule has 0 saturated carbocycles. The Morgan fingerprint density at radius 2 is 1.77 bits per heavy atom. The van der Waals surface area contributed by atoms with Crippen LogP contribution in [0.15, 0.2) is 72.9 Å². The first-order valence-corrected chi connectivity index (χ1v) is 9.80. The predicted molar refractivity (Wildman–Crippen MR) is 114 cm³/mol. The van der Waals surface area contributed by atoms with Crippen molar-refractivity contribution in [2.45, 2.75) is 12.5 Å². The first-order valence-electron chi connectivity index (χ1n) is 9.80. The van der Waals surface area contributed by atoms with E-state index in [1.54, 1.807) is 72.7 Å². The Kier molecular flexibility index (Phi) is 7.45. The van der Waals surface area contributed by atoms with Crippen molar-refractivity contribution in [3.63, 3.8) is 0 Å². The Balaban J connectivity index is 1.73. The summed E-state index contributed by atoms with van der Waals surface area (Å²) >= 11 is 0. The Bertz CT molecular complexity index is 1010. The number of hydrogen-bond acceptors (Lipinski definition) is 5. The molecule has 6 nitrogen and oxygen atoms in total. The monoisotopic (exact) mass is 422 g/mol. The van der Waals surface area contributed by atoms with Crippen LogP contribution in [0.4, 0.5) is 4.39 Å². The molecule has 0 aliphatic carbocycles. The molecular weight excluding hydrogens is 399 g/mol. The molecule has 2 aromatic carbocycles. The number of rotatable bonds is 10. The molecule has 0 amide bonds. The van der Waals surface area contributed by atoms with Gasteiger partial charge in [-0.05, 0) is 61.1 Å². The molecule has 0 saturated heterocycles. The Hall–Kier alpha value is -3.58. The highest BCUT2D eigenvalue weighted by molar-refractivity contribution is 6.07. The lowest BCUT2D eigenvalue weighted by Crippen LogP contribution is -2.28. The van der Waals surface area contributed by atoms with Crippen LogP contribution in [0.3, 0.4) is 0 Å². The summed E-state index contributed by atoms with van der Waals surface area (Å²) < 4.78 is 19.5. The van der Waals surface area contributed by atoms with Crippen molar-refractivity contribution in [1.29, 1.82) is 0 Å². The molecule has 1 heterocycles. The third-order valence-electron chi connectivity index (χ3n) is 4.71. The standard InChI is InChI=1S/C24H23FN2O4/c1-27(16-23(28)29)15-13-22(17-5-9-19(25)10-6-17)31-20-11-7-18(8-12-20)24(30)21-4-2-3-14-26-21/h2-12,14,22H,13,15-16H2,1H3,(H,28,29). The molecule has 1 unspecified atom stereocenters. The van der Waals surface area contributed by atoms with Crippen molar-refractivity contribution in [1.82, 2.24) is 9.88 Å². The number of carbonyl (C=O) groups excluding carboxylic acids is 1. The van der Waals surface area contributed by atoms with Gasteiger partial charge < -0.3 is 9.84 Å². The highest BCUT2D eigenvalue weighted by atomic mass is 19.1. The van der Waals surface area contributed by atoms with Crippen molar-refractivity contribution in [2.75, 3.05) is 20.1 Å². The summed E-state index contributed by atoms with van der Waals surface area (Å²) in [4.78, 5) is 29.2. The molecule has 0 spiro atoms. The minimum Gasteiger partial charge on any atom is -0.486 e. The van der Waals surface area contributed by atoms with Gasteiger partial charge in [0.15, 0.2) is 0 Å². The second kappa shape index (κ2) is 10.4. The molecular formula is C24H23FN2O4. The molecule has 31 heavy (non-hydrogen) atoms. The van der Waals surface area contributed by atoms with Gasteiger partial charge in [0.25, 0.3) is 0 Å². The fourth-order valence-electron chi connectivity index (χ4n) is 3.11. The molecule has 7 heteroatoms. The van der Waals surface area contributed by atoms with Gasteiger partial charge in [0, 0.05) is 24.7 Å². The minimum absolute atomic E-state index is 0.0829. The number of pyridine rings is 1. The highest BCUT2D eigenvalue weighted by Crippen LogP contribution is 2.26. The zero-order valence-corrected chi connectivity index (χ0v) is 17.1. The number of aliphatic carboxylic acids is 1. The lowest BCUT2D eigenvalue weighted by Gasteiger charge is -2.22. The SMILES string of the molecule is CN(CCC(Oc1ccc(C(=O)c2ccccn2)cc1)c1ccc(F)cc1)CC(=O)O. The molecule has 0 aliphatic rings. The van der Waals surface area contributed by atoms with Crippen LogP contribution in [0.5, 0.6) is 5.75 Å². The maximum Gasteiger partial charge on any atom is 0.317 e. The number of ketones is 1. The first kappa shape index (κ1) is 22.1. The summed E-state index contributed by atoms with van der Waals surface area (Å²) in [6.07, 6.45) is 1.66. The van der Waals surface area contributed by atoms with Gasteiger partial charge >= 0.3 is 5.97 Å². The summed E-state index contributed by atoms with van der Waals surface area (Å²) in [5, 5.41) is 8.94. The Morgan fingerprint density at radius 3 is 2.39 bits per heavy atom. The first-order chi connectivity index (χ1) is 14.9. The summed E-state index contributed by atoms with van der Waals surface area (Å²) in [6, 6.07) is 17.9. The van der Waals surface area contributed by atoms with Crippen molar-refractivity contribution in [3.8, 4) is 5.75 Å². The average molecular weight is 422 g/mol. The fraction of sp³-hybridized carbons (Fsp3) is 0.208. The van der Waals surface area contributed by atoms with Crippen LogP contribution in [-0.2, 0) is 4.79 Å². The number of hydrogen-bond donors (Lipinski definition) is 1. The van der Waals surface area contributed by atoms with Crippen LogP contribution < -0.4 is 4.74 Å². The summed E-state index contributed by atoms with van der Waals surface area (Å²) in [5.41, 5.74) is 1.63. The number of benzene rings is 2. The number of likely N-dealkylation sites (N-methyl/N-ethyl adjacent to an activating group) is 1. The average Bonchev–Trinajstić information content (AvgIpc) is 2.77. The largest absolute Gasteiger partial charge is 0.486 e. The van der Waals surface area contributed by atoms with Gasteiger partial charge in [0.05, 0.1) is 6.54 Å². The smallest absolute Gasteiger partial charge is 0.317 e. The molecule has 160 valence electrons. The number of halogens is 1. The van der Waals surface area contributed by atoms with Crippen LogP contribution >= 0.6 is 0 Å². The van der Waals surface area contributed by atoms with Crippen molar-refractivity contribution >= 4 is 11.8 Å². The zero-order valence-electron chi connectivity index (χ0n) is 17.1. The van der Waals surface area contributed by atoms with E-state index in [1.807, 2.05) is 0 Å². The van der Waals surface area contributed by atoms with Gasteiger partial charge in [-0.3, -0.25) is 19.5 Å². The molecule has 1 atom stereocenters. The Morgan fingerprint density at radius 1 is 1.06 bits per heavy atom.